The van der Waals surface area contributed by atoms with Crippen LogP contribution >= 0.6 is 11.8 Å². The number of rotatable bonds is 4. The molecule has 2 rings (SSSR count). The van der Waals surface area contributed by atoms with Gasteiger partial charge in [-0.25, -0.2) is 9.18 Å². The van der Waals surface area contributed by atoms with Crippen molar-refractivity contribution in [2.45, 2.75) is 17.2 Å². The molecular formula is C15H15FN2OS. The highest BCUT2D eigenvalue weighted by Crippen LogP contribution is 2.33. The van der Waals surface area contributed by atoms with E-state index in [9.17, 15) is 9.18 Å². The van der Waals surface area contributed by atoms with E-state index in [0.29, 0.717) is 5.56 Å². The van der Waals surface area contributed by atoms with Gasteiger partial charge < -0.3 is 11.1 Å². The zero-order chi connectivity index (χ0) is 14.5. The molecule has 3 nitrogen and oxygen atoms in total. The number of benzene rings is 2. The van der Waals surface area contributed by atoms with Crippen LogP contribution in [0.5, 0.6) is 0 Å². The minimum Gasteiger partial charge on any atom is -0.352 e. The smallest absolute Gasteiger partial charge is 0.313 e. The van der Waals surface area contributed by atoms with Crippen LogP contribution in [0.1, 0.15) is 16.5 Å². The maximum atomic E-state index is 13.3. The van der Waals surface area contributed by atoms with Crippen molar-refractivity contribution in [3.8, 4) is 0 Å². The Bertz CT molecular complexity index is 601. The fraction of sp³-hybridized carbons (Fsp3) is 0.133. The predicted molar refractivity (Wildman–Crippen MR) is 78.9 cm³/mol. The minimum absolute atomic E-state index is 0.344. The third-order valence-corrected chi connectivity index (χ3v) is 3.87. The first kappa shape index (κ1) is 14.4. The van der Waals surface area contributed by atoms with Gasteiger partial charge in [-0.05, 0) is 36.8 Å². The first-order valence-corrected chi connectivity index (χ1v) is 6.97. The Balaban J connectivity index is 2.23. The van der Waals surface area contributed by atoms with Gasteiger partial charge in [0.25, 0.3) is 0 Å². The normalized spacial score (nSPS) is 11.9. The fourth-order valence-electron chi connectivity index (χ4n) is 1.73. The molecule has 1 unspecified atom stereocenters. The van der Waals surface area contributed by atoms with Crippen LogP contribution < -0.4 is 11.1 Å². The molecule has 0 aromatic heterocycles. The van der Waals surface area contributed by atoms with E-state index in [2.05, 4.69) is 5.32 Å². The molecule has 2 amide bonds. The zero-order valence-corrected chi connectivity index (χ0v) is 11.8. The molecule has 3 N–H and O–H groups in total. The van der Waals surface area contributed by atoms with Crippen molar-refractivity contribution in [2.75, 3.05) is 0 Å². The number of carbonyl (C=O) groups excluding carboxylic acids is 1. The van der Waals surface area contributed by atoms with Gasteiger partial charge in [-0.3, -0.25) is 0 Å². The summed E-state index contributed by atoms with van der Waals surface area (Å²) in [7, 11) is 0. The highest BCUT2D eigenvalue weighted by atomic mass is 32.2. The van der Waals surface area contributed by atoms with Gasteiger partial charge >= 0.3 is 6.03 Å². The number of hydrogen-bond donors (Lipinski definition) is 2. The van der Waals surface area contributed by atoms with Crippen LogP contribution in [0, 0.1) is 12.7 Å². The number of primary amides is 1. The van der Waals surface area contributed by atoms with Crippen LogP contribution in [0.15, 0.2) is 53.4 Å². The predicted octanol–water partition coefficient (Wildman–Crippen LogP) is 3.59. The van der Waals surface area contributed by atoms with Crippen molar-refractivity contribution in [3.05, 3.63) is 65.5 Å². The van der Waals surface area contributed by atoms with Crippen LogP contribution in [0.3, 0.4) is 0 Å². The summed E-state index contributed by atoms with van der Waals surface area (Å²) in [6.07, 6.45) is 0. The lowest BCUT2D eigenvalue weighted by molar-refractivity contribution is 0.248. The lowest BCUT2D eigenvalue weighted by Gasteiger charge is -2.17. The molecule has 0 aliphatic carbocycles. The van der Waals surface area contributed by atoms with Gasteiger partial charge in [0, 0.05) is 4.90 Å². The number of thioether (sulfide) groups is 1. The van der Waals surface area contributed by atoms with Crippen molar-refractivity contribution in [1.29, 1.82) is 0 Å². The highest BCUT2D eigenvalue weighted by molar-refractivity contribution is 7.99. The topological polar surface area (TPSA) is 55.1 Å². The second-order valence-electron chi connectivity index (χ2n) is 4.37. The molecule has 0 heterocycles. The second kappa shape index (κ2) is 6.43. The first-order chi connectivity index (χ1) is 9.54. The third kappa shape index (κ3) is 3.99. The summed E-state index contributed by atoms with van der Waals surface area (Å²) >= 11 is 1.41. The van der Waals surface area contributed by atoms with Crippen molar-refractivity contribution in [2.24, 2.45) is 5.73 Å². The summed E-state index contributed by atoms with van der Waals surface area (Å²) in [5.41, 5.74) is 7.00. The SMILES string of the molecule is Cc1ccc(SC(NC(N)=O)c2cccc(F)c2)cc1. The van der Waals surface area contributed by atoms with E-state index in [1.807, 2.05) is 31.2 Å². The molecule has 5 heteroatoms. The Morgan fingerprint density at radius 3 is 2.55 bits per heavy atom. The van der Waals surface area contributed by atoms with Crippen LogP contribution in [-0.4, -0.2) is 6.03 Å². The quantitative estimate of drug-likeness (QED) is 0.668. The average Bonchev–Trinajstić information content (AvgIpc) is 2.40. The molecule has 0 radical (unpaired) electrons. The Hall–Kier alpha value is -2.01. The summed E-state index contributed by atoms with van der Waals surface area (Å²) in [5, 5.41) is 2.20. The molecule has 0 bridgehead atoms. The molecule has 2 aromatic rings. The van der Waals surface area contributed by atoms with Gasteiger partial charge in [-0.1, -0.05) is 41.6 Å². The number of urea groups is 1. The van der Waals surface area contributed by atoms with Crippen molar-refractivity contribution < 1.29 is 9.18 Å². The van der Waals surface area contributed by atoms with Crippen molar-refractivity contribution >= 4 is 17.8 Å². The lowest BCUT2D eigenvalue weighted by Crippen LogP contribution is -2.31. The number of nitrogens with one attached hydrogen (secondary N) is 1. The van der Waals surface area contributed by atoms with E-state index in [-0.39, 0.29) is 5.82 Å². The van der Waals surface area contributed by atoms with Gasteiger partial charge in [-0.15, -0.1) is 0 Å². The molecule has 104 valence electrons. The Labute approximate surface area is 121 Å². The standard InChI is InChI=1S/C15H15FN2OS/c1-10-5-7-13(8-6-10)20-14(18-15(17)19)11-3-2-4-12(16)9-11/h2-9,14H,1H3,(H3,17,18,19). The van der Waals surface area contributed by atoms with E-state index < -0.39 is 11.4 Å². The lowest BCUT2D eigenvalue weighted by atomic mass is 10.2. The summed E-state index contributed by atoms with van der Waals surface area (Å²) < 4.78 is 13.3. The first-order valence-electron chi connectivity index (χ1n) is 6.09. The minimum atomic E-state index is -0.640. The van der Waals surface area contributed by atoms with Gasteiger partial charge in [0.1, 0.15) is 11.2 Å². The number of aryl methyl sites for hydroxylation is 1. The van der Waals surface area contributed by atoms with Crippen LogP contribution in [0.25, 0.3) is 0 Å². The monoisotopic (exact) mass is 290 g/mol. The average molecular weight is 290 g/mol. The van der Waals surface area contributed by atoms with Crippen LogP contribution in [-0.2, 0) is 0 Å². The molecule has 0 saturated heterocycles. The molecule has 0 aliphatic heterocycles. The second-order valence-corrected chi connectivity index (χ2v) is 5.55. The molecule has 0 aliphatic rings. The summed E-state index contributed by atoms with van der Waals surface area (Å²) in [6, 6.07) is 13.3. The van der Waals surface area contributed by atoms with Crippen LogP contribution in [0.4, 0.5) is 9.18 Å². The number of nitrogens with two attached hydrogens (primary N) is 1. The summed E-state index contributed by atoms with van der Waals surface area (Å²) in [4.78, 5) is 12.1. The molecule has 1 atom stereocenters. The van der Waals surface area contributed by atoms with E-state index in [1.165, 1.54) is 23.9 Å². The third-order valence-electron chi connectivity index (χ3n) is 2.70. The van der Waals surface area contributed by atoms with E-state index >= 15 is 0 Å². The summed E-state index contributed by atoms with van der Waals surface area (Å²) in [5.74, 6) is -0.344. The highest BCUT2D eigenvalue weighted by Gasteiger charge is 2.15. The maximum absolute atomic E-state index is 13.3. The van der Waals surface area contributed by atoms with Gasteiger partial charge in [0.2, 0.25) is 0 Å². The molecular weight excluding hydrogens is 275 g/mol. The summed E-state index contributed by atoms with van der Waals surface area (Å²) in [6.45, 7) is 2.00. The van der Waals surface area contributed by atoms with Crippen molar-refractivity contribution in [1.82, 2.24) is 5.32 Å². The molecule has 2 aromatic carbocycles. The number of amides is 2. The molecule has 0 fully saturated rings. The van der Waals surface area contributed by atoms with Gasteiger partial charge in [0.05, 0.1) is 0 Å². The zero-order valence-electron chi connectivity index (χ0n) is 11.0. The Morgan fingerprint density at radius 2 is 1.95 bits per heavy atom. The molecule has 0 spiro atoms. The van der Waals surface area contributed by atoms with Crippen LogP contribution in [0.2, 0.25) is 0 Å². The number of carbonyl (C=O) groups is 1. The molecule has 0 saturated carbocycles. The van der Waals surface area contributed by atoms with E-state index in [1.54, 1.807) is 12.1 Å². The van der Waals surface area contributed by atoms with Crippen molar-refractivity contribution in [3.63, 3.8) is 0 Å². The fourth-order valence-corrected chi connectivity index (χ4v) is 2.76. The Morgan fingerprint density at radius 1 is 1.25 bits per heavy atom. The van der Waals surface area contributed by atoms with E-state index in [4.69, 9.17) is 5.73 Å². The van der Waals surface area contributed by atoms with Gasteiger partial charge in [-0.2, -0.15) is 0 Å². The molecule has 20 heavy (non-hydrogen) atoms. The van der Waals surface area contributed by atoms with Gasteiger partial charge in [0.15, 0.2) is 0 Å². The number of halogens is 1. The largest absolute Gasteiger partial charge is 0.352 e. The van der Waals surface area contributed by atoms with E-state index in [0.717, 1.165) is 10.5 Å². The number of hydrogen-bond acceptors (Lipinski definition) is 2. The maximum Gasteiger partial charge on any atom is 0.313 e. The Kier molecular flexibility index (Phi) is 4.63.